The zero-order valence-electron chi connectivity index (χ0n) is 16.6. The van der Waals surface area contributed by atoms with Crippen LogP contribution in [0.2, 0.25) is 0 Å². The fourth-order valence-corrected chi connectivity index (χ4v) is 1.78. The Morgan fingerprint density at radius 3 is 1.75 bits per heavy atom. The molecule has 0 unspecified atom stereocenters. The molecule has 0 aliphatic rings. The third-order valence-electron chi connectivity index (χ3n) is 2.77. The van der Waals surface area contributed by atoms with Crippen molar-refractivity contribution in [2.24, 2.45) is 4.99 Å². The number of halogens is 3. The van der Waals surface area contributed by atoms with Crippen LogP contribution in [0.1, 0.15) is 47.1 Å². The Morgan fingerprint density at radius 1 is 0.893 bits per heavy atom. The van der Waals surface area contributed by atoms with Crippen LogP contribution in [0.15, 0.2) is 17.1 Å². The van der Waals surface area contributed by atoms with Gasteiger partial charge in [0.1, 0.15) is 17.0 Å². The summed E-state index contributed by atoms with van der Waals surface area (Å²) in [6.07, 6.45) is -1.94. The number of nitrogens with one attached hydrogen (secondary N) is 2. The molecule has 0 radical (unpaired) electrons. The van der Waals surface area contributed by atoms with E-state index in [1.165, 1.54) is 0 Å². The number of aliphatic imine (C=N–C) groups is 1. The monoisotopic (exact) mass is 403 g/mol. The van der Waals surface area contributed by atoms with Crippen LogP contribution in [-0.4, -0.2) is 29.3 Å². The first kappa shape index (κ1) is 23.3. The standard InChI is InChI=1S/C18H24F3N3O4/c1-17(2,3)27-15(25)23-14(24-16(26)28-18(4,5)6)22-9-10-11(19)7-8-12(20)13(10)21/h7-8H,9H2,1-6H3,(H2,22,23,24,25,26). The third-order valence-corrected chi connectivity index (χ3v) is 2.77. The van der Waals surface area contributed by atoms with Crippen LogP contribution in [0, 0.1) is 17.5 Å². The molecule has 1 aromatic carbocycles. The van der Waals surface area contributed by atoms with Gasteiger partial charge in [0.05, 0.1) is 6.54 Å². The van der Waals surface area contributed by atoms with Crippen LogP contribution in [0.3, 0.4) is 0 Å². The Bertz CT molecular complexity index is 737. The van der Waals surface area contributed by atoms with Gasteiger partial charge >= 0.3 is 12.2 Å². The summed E-state index contributed by atoms with van der Waals surface area (Å²) in [4.78, 5) is 27.6. The van der Waals surface area contributed by atoms with Crippen LogP contribution in [-0.2, 0) is 16.0 Å². The molecule has 0 fully saturated rings. The van der Waals surface area contributed by atoms with E-state index in [0.717, 1.165) is 6.07 Å². The van der Waals surface area contributed by atoms with E-state index >= 15 is 0 Å². The van der Waals surface area contributed by atoms with Gasteiger partial charge in [-0.25, -0.2) is 27.8 Å². The zero-order chi connectivity index (χ0) is 21.7. The quantitative estimate of drug-likeness (QED) is 0.444. The van der Waals surface area contributed by atoms with Crippen molar-refractivity contribution in [3.63, 3.8) is 0 Å². The summed E-state index contributed by atoms with van der Waals surface area (Å²) in [6.45, 7) is 8.98. The molecule has 7 nitrogen and oxygen atoms in total. The fourth-order valence-electron chi connectivity index (χ4n) is 1.78. The molecule has 0 aromatic heterocycles. The van der Waals surface area contributed by atoms with Crippen LogP contribution in [0.5, 0.6) is 0 Å². The van der Waals surface area contributed by atoms with Crippen molar-refractivity contribution in [2.75, 3.05) is 0 Å². The SMILES string of the molecule is CC(C)(C)OC(=O)NC(=NCc1c(F)ccc(F)c1F)NC(=O)OC(C)(C)C. The van der Waals surface area contributed by atoms with E-state index in [-0.39, 0.29) is 0 Å². The molecular weight excluding hydrogens is 379 g/mol. The molecule has 0 atom stereocenters. The van der Waals surface area contributed by atoms with Crippen molar-refractivity contribution >= 4 is 18.1 Å². The second kappa shape index (κ2) is 8.94. The van der Waals surface area contributed by atoms with E-state index in [1.807, 2.05) is 0 Å². The number of carbonyl (C=O) groups excluding carboxylic acids is 2. The maximum Gasteiger partial charge on any atom is 0.414 e. The van der Waals surface area contributed by atoms with Gasteiger partial charge in [0, 0.05) is 5.56 Å². The lowest BCUT2D eigenvalue weighted by atomic mass is 10.2. The summed E-state index contributed by atoms with van der Waals surface area (Å²) < 4.78 is 50.9. The van der Waals surface area contributed by atoms with Crippen molar-refractivity contribution in [3.8, 4) is 0 Å². The molecule has 0 aliphatic heterocycles. The lowest BCUT2D eigenvalue weighted by Crippen LogP contribution is -2.47. The van der Waals surface area contributed by atoms with Gasteiger partial charge in [0.25, 0.3) is 0 Å². The predicted molar refractivity (Wildman–Crippen MR) is 96.2 cm³/mol. The Balaban J connectivity index is 3.05. The number of alkyl carbamates (subject to hydrolysis) is 2. The molecule has 28 heavy (non-hydrogen) atoms. The minimum Gasteiger partial charge on any atom is -0.444 e. The molecular formula is C18H24F3N3O4. The number of amides is 2. The van der Waals surface area contributed by atoms with Gasteiger partial charge < -0.3 is 9.47 Å². The lowest BCUT2D eigenvalue weighted by molar-refractivity contribution is 0.0545. The molecule has 1 rings (SSSR count). The van der Waals surface area contributed by atoms with Gasteiger partial charge in [-0.15, -0.1) is 0 Å². The molecule has 0 saturated carbocycles. The summed E-state index contributed by atoms with van der Waals surface area (Å²) in [5.74, 6) is -4.19. The second-order valence-electron chi connectivity index (χ2n) is 7.74. The number of hydrogen-bond donors (Lipinski definition) is 2. The summed E-state index contributed by atoms with van der Waals surface area (Å²) in [6, 6.07) is 1.38. The Kier molecular flexibility index (Phi) is 7.43. The number of carbonyl (C=O) groups is 2. The summed E-state index contributed by atoms with van der Waals surface area (Å²) in [5, 5.41) is 4.30. The van der Waals surface area contributed by atoms with Gasteiger partial charge in [-0.3, -0.25) is 10.6 Å². The highest BCUT2D eigenvalue weighted by Gasteiger charge is 2.22. The zero-order valence-corrected chi connectivity index (χ0v) is 16.6. The Morgan fingerprint density at radius 2 is 1.32 bits per heavy atom. The first-order valence-corrected chi connectivity index (χ1v) is 8.35. The number of rotatable bonds is 2. The molecule has 1 aromatic rings. The first-order valence-electron chi connectivity index (χ1n) is 8.35. The molecule has 0 bridgehead atoms. The molecule has 2 N–H and O–H groups in total. The number of benzene rings is 1. The van der Waals surface area contributed by atoms with Crippen LogP contribution < -0.4 is 10.6 Å². The van der Waals surface area contributed by atoms with Crippen molar-refractivity contribution in [1.29, 1.82) is 0 Å². The molecule has 10 heteroatoms. The Labute approximate surface area is 161 Å². The number of ether oxygens (including phenoxy) is 2. The van der Waals surface area contributed by atoms with Crippen LogP contribution in [0.25, 0.3) is 0 Å². The van der Waals surface area contributed by atoms with E-state index in [0.29, 0.717) is 6.07 Å². The Hall–Kier alpha value is -2.78. The summed E-state index contributed by atoms with van der Waals surface area (Å²) >= 11 is 0. The summed E-state index contributed by atoms with van der Waals surface area (Å²) in [7, 11) is 0. The average Bonchev–Trinajstić information content (AvgIpc) is 2.47. The maximum absolute atomic E-state index is 13.8. The van der Waals surface area contributed by atoms with Crippen molar-refractivity contribution in [2.45, 2.75) is 59.3 Å². The highest BCUT2D eigenvalue weighted by atomic mass is 19.2. The van der Waals surface area contributed by atoms with Gasteiger partial charge in [-0.05, 0) is 53.7 Å². The minimum absolute atomic E-state index is 0.480. The van der Waals surface area contributed by atoms with Crippen LogP contribution in [0.4, 0.5) is 22.8 Å². The van der Waals surface area contributed by atoms with Gasteiger partial charge in [-0.2, -0.15) is 0 Å². The minimum atomic E-state index is -1.42. The van der Waals surface area contributed by atoms with Crippen molar-refractivity contribution in [1.82, 2.24) is 10.6 Å². The average molecular weight is 403 g/mol. The number of guanidine groups is 1. The lowest BCUT2D eigenvalue weighted by Gasteiger charge is -2.22. The molecule has 0 saturated heterocycles. The number of hydrogen-bond acceptors (Lipinski definition) is 5. The topological polar surface area (TPSA) is 89.0 Å². The van der Waals surface area contributed by atoms with Gasteiger partial charge in [-0.1, -0.05) is 0 Å². The van der Waals surface area contributed by atoms with E-state index in [9.17, 15) is 22.8 Å². The second-order valence-corrected chi connectivity index (χ2v) is 7.74. The normalized spacial score (nSPS) is 11.5. The predicted octanol–water partition coefficient (Wildman–Crippen LogP) is 4.01. The molecule has 0 aliphatic carbocycles. The van der Waals surface area contributed by atoms with Crippen molar-refractivity contribution in [3.05, 3.63) is 35.1 Å². The van der Waals surface area contributed by atoms with E-state index in [1.54, 1.807) is 41.5 Å². The molecule has 2 amide bonds. The largest absolute Gasteiger partial charge is 0.444 e. The van der Waals surface area contributed by atoms with E-state index < -0.39 is 58.9 Å². The third kappa shape index (κ3) is 8.28. The summed E-state index contributed by atoms with van der Waals surface area (Å²) in [5.41, 5.74) is -2.36. The van der Waals surface area contributed by atoms with Gasteiger partial charge in [0.2, 0.25) is 5.96 Å². The van der Waals surface area contributed by atoms with Crippen LogP contribution >= 0.6 is 0 Å². The highest BCUT2D eigenvalue weighted by Crippen LogP contribution is 2.16. The first-order chi connectivity index (χ1) is 12.7. The van der Waals surface area contributed by atoms with E-state index in [4.69, 9.17) is 9.47 Å². The molecule has 0 heterocycles. The molecule has 156 valence electrons. The fraction of sp³-hybridized carbons (Fsp3) is 0.500. The highest BCUT2D eigenvalue weighted by molar-refractivity contribution is 6.01. The maximum atomic E-state index is 13.8. The smallest absolute Gasteiger partial charge is 0.414 e. The van der Waals surface area contributed by atoms with Crippen molar-refractivity contribution < 1.29 is 32.2 Å². The number of nitrogens with zero attached hydrogens (tertiary/aromatic N) is 1. The molecule has 0 spiro atoms. The van der Waals surface area contributed by atoms with E-state index in [2.05, 4.69) is 15.6 Å². The van der Waals surface area contributed by atoms with Gasteiger partial charge in [0.15, 0.2) is 11.6 Å².